The summed E-state index contributed by atoms with van der Waals surface area (Å²) in [4.78, 5) is 23.0. The lowest BCUT2D eigenvalue weighted by atomic mass is 10.1. The van der Waals surface area contributed by atoms with Crippen LogP contribution in [0.25, 0.3) is 0 Å². The number of hydrogen-bond acceptors (Lipinski definition) is 4. The maximum Gasteiger partial charge on any atom is 0.305 e. The topological polar surface area (TPSA) is 75.5 Å². The normalized spacial score (nSPS) is 10.4. The van der Waals surface area contributed by atoms with Gasteiger partial charge in [0.15, 0.2) is 0 Å². The minimum atomic E-state index is -2.69. The van der Waals surface area contributed by atoms with Crippen molar-refractivity contribution in [3.63, 3.8) is 0 Å². The number of para-hydroxylation sites is 1. The molecule has 0 aliphatic carbocycles. The van der Waals surface area contributed by atoms with Crippen molar-refractivity contribution in [1.82, 2.24) is 4.90 Å². The van der Waals surface area contributed by atoms with Crippen LogP contribution in [0.1, 0.15) is 10.4 Å². The van der Waals surface area contributed by atoms with Crippen LogP contribution in [-0.2, 0) is 0 Å². The van der Waals surface area contributed by atoms with Crippen LogP contribution in [0, 0.1) is 10.1 Å². The van der Waals surface area contributed by atoms with E-state index >= 15 is 0 Å². The van der Waals surface area contributed by atoms with Crippen LogP contribution < -0.4 is 5.32 Å². The van der Waals surface area contributed by atoms with Gasteiger partial charge in [-0.1, -0.05) is 6.07 Å². The van der Waals surface area contributed by atoms with E-state index < -0.39 is 29.5 Å². The zero-order valence-electron chi connectivity index (χ0n) is 10.4. The average molecular weight is 273 g/mol. The van der Waals surface area contributed by atoms with E-state index in [0.717, 1.165) is 4.90 Å². The Morgan fingerprint density at radius 1 is 1.53 bits per heavy atom. The van der Waals surface area contributed by atoms with Gasteiger partial charge in [0.1, 0.15) is 11.3 Å². The number of carbonyl (C=O) groups is 1. The predicted octanol–water partition coefficient (Wildman–Crippen LogP) is 1.97. The van der Waals surface area contributed by atoms with Crippen molar-refractivity contribution >= 4 is 17.3 Å². The maximum absolute atomic E-state index is 12.2. The molecule has 0 atom stereocenters. The van der Waals surface area contributed by atoms with Crippen molar-refractivity contribution in [2.75, 3.05) is 26.0 Å². The second-order valence-electron chi connectivity index (χ2n) is 3.79. The standard InChI is InChI=1S/C11H13F2N3O3/c1-14-8-5-3-4-7(10(8)16(18)19)11(17)15(2)6-9(12)13/h3-5,9,14H,6H2,1-2H3. The molecule has 0 unspecified atom stereocenters. The molecule has 8 heteroatoms. The number of alkyl halides is 2. The smallest absolute Gasteiger partial charge is 0.305 e. The third-order valence-electron chi connectivity index (χ3n) is 2.48. The summed E-state index contributed by atoms with van der Waals surface area (Å²) in [6.45, 7) is -0.778. The Kier molecular flexibility index (Phi) is 4.74. The molecule has 19 heavy (non-hydrogen) atoms. The first kappa shape index (κ1) is 14.8. The van der Waals surface area contributed by atoms with E-state index in [-0.39, 0.29) is 11.3 Å². The van der Waals surface area contributed by atoms with Crippen molar-refractivity contribution in [3.8, 4) is 0 Å². The van der Waals surface area contributed by atoms with Crippen molar-refractivity contribution in [3.05, 3.63) is 33.9 Å². The summed E-state index contributed by atoms with van der Waals surface area (Å²) < 4.78 is 24.5. The lowest BCUT2D eigenvalue weighted by molar-refractivity contribution is -0.384. The third-order valence-corrected chi connectivity index (χ3v) is 2.48. The van der Waals surface area contributed by atoms with Crippen molar-refractivity contribution < 1.29 is 18.5 Å². The van der Waals surface area contributed by atoms with Gasteiger partial charge >= 0.3 is 5.69 Å². The Balaban J connectivity index is 3.19. The van der Waals surface area contributed by atoms with Crippen LogP contribution in [0.5, 0.6) is 0 Å². The number of nitro groups is 1. The number of nitro benzene ring substituents is 1. The van der Waals surface area contributed by atoms with Crippen molar-refractivity contribution in [2.45, 2.75) is 6.43 Å². The fraction of sp³-hybridized carbons (Fsp3) is 0.364. The Morgan fingerprint density at radius 2 is 2.16 bits per heavy atom. The number of halogens is 2. The number of carbonyl (C=O) groups excluding carboxylic acids is 1. The van der Waals surface area contributed by atoms with Gasteiger partial charge in [-0.25, -0.2) is 8.78 Å². The molecule has 1 aromatic rings. The molecule has 0 aliphatic heterocycles. The minimum Gasteiger partial charge on any atom is -0.383 e. The van der Waals surface area contributed by atoms with E-state index in [1.54, 1.807) is 0 Å². The average Bonchev–Trinajstić information content (AvgIpc) is 2.35. The molecule has 0 saturated heterocycles. The van der Waals surface area contributed by atoms with Gasteiger partial charge in [-0.15, -0.1) is 0 Å². The molecule has 0 fully saturated rings. The first-order valence-electron chi connectivity index (χ1n) is 5.37. The number of anilines is 1. The van der Waals surface area contributed by atoms with Gasteiger partial charge in [-0.05, 0) is 12.1 Å². The Labute approximate surface area is 108 Å². The number of hydrogen-bond donors (Lipinski definition) is 1. The second kappa shape index (κ2) is 6.07. The maximum atomic E-state index is 12.2. The molecule has 6 nitrogen and oxygen atoms in total. The summed E-state index contributed by atoms with van der Waals surface area (Å²) in [5.41, 5.74) is -0.489. The molecule has 0 saturated carbocycles. The summed E-state index contributed by atoms with van der Waals surface area (Å²) >= 11 is 0. The summed E-state index contributed by atoms with van der Waals surface area (Å²) in [5, 5.41) is 13.6. The fourth-order valence-corrected chi connectivity index (χ4v) is 1.61. The number of nitrogens with zero attached hydrogens (tertiary/aromatic N) is 2. The summed E-state index contributed by atoms with van der Waals surface area (Å²) in [5.74, 6) is -0.816. The monoisotopic (exact) mass is 273 g/mol. The van der Waals surface area contributed by atoms with Crippen LogP contribution in [-0.4, -0.2) is 42.8 Å². The quantitative estimate of drug-likeness (QED) is 0.657. The molecular formula is C11H13F2N3O3. The Hall–Kier alpha value is -2.25. The van der Waals surface area contributed by atoms with Crippen LogP contribution in [0.3, 0.4) is 0 Å². The molecule has 0 aliphatic rings. The highest BCUT2D eigenvalue weighted by atomic mass is 19.3. The minimum absolute atomic E-state index is 0.154. The number of amides is 1. The van der Waals surface area contributed by atoms with Crippen molar-refractivity contribution in [2.24, 2.45) is 0 Å². The molecule has 1 rings (SSSR count). The van der Waals surface area contributed by atoms with Gasteiger partial charge in [-0.2, -0.15) is 0 Å². The first-order valence-corrected chi connectivity index (χ1v) is 5.37. The third kappa shape index (κ3) is 3.36. The van der Waals surface area contributed by atoms with Crippen molar-refractivity contribution in [1.29, 1.82) is 0 Å². The molecule has 1 aromatic carbocycles. The number of nitrogens with one attached hydrogen (secondary N) is 1. The van der Waals surface area contributed by atoms with E-state index in [1.807, 2.05) is 0 Å². The Bertz CT molecular complexity index is 494. The molecule has 0 aromatic heterocycles. The SMILES string of the molecule is CNc1cccc(C(=O)N(C)CC(F)F)c1[N+](=O)[O-]. The molecule has 0 spiro atoms. The largest absolute Gasteiger partial charge is 0.383 e. The molecule has 1 N–H and O–H groups in total. The molecule has 0 bridgehead atoms. The predicted molar refractivity (Wildman–Crippen MR) is 65.6 cm³/mol. The summed E-state index contributed by atoms with van der Waals surface area (Å²) in [6, 6.07) is 4.12. The fourth-order valence-electron chi connectivity index (χ4n) is 1.61. The zero-order chi connectivity index (χ0) is 14.6. The zero-order valence-corrected chi connectivity index (χ0v) is 10.4. The van der Waals surface area contributed by atoms with Gasteiger partial charge in [0.25, 0.3) is 12.3 Å². The van der Waals surface area contributed by atoms with Crippen LogP contribution in [0.2, 0.25) is 0 Å². The summed E-state index contributed by atoms with van der Waals surface area (Å²) in [7, 11) is 2.64. The van der Waals surface area contributed by atoms with Crippen LogP contribution in [0.15, 0.2) is 18.2 Å². The van der Waals surface area contributed by atoms with Crippen LogP contribution >= 0.6 is 0 Å². The number of rotatable bonds is 5. The number of benzene rings is 1. The van der Waals surface area contributed by atoms with E-state index in [4.69, 9.17) is 0 Å². The highest BCUT2D eigenvalue weighted by molar-refractivity contribution is 6.00. The molecule has 1 amide bonds. The molecule has 0 radical (unpaired) electrons. The van der Waals surface area contributed by atoms with Gasteiger partial charge in [0, 0.05) is 14.1 Å². The van der Waals surface area contributed by atoms with Gasteiger partial charge in [0.2, 0.25) is 0 Å². The van der Waals surface area contributed by atoms with Gasteiger partial charge in [0.05, 0.1) is 11.5 Å². The van der Waals surface area contributed by atoms with E-state index in [0.29, 0.717) is 0 Å². The second-order valence-corrected chi connectivity index (χ2v) is 3.79. The van der Waals surface area contributed by atoms with E-state index in [2.05, 4.69) is 5.32 Å². The Morgan fingerprint density at radius 3 is 2.63 bits per heavy atom. The summed E-state index contributed by atoms with van der Waals surface area (Å²) in [6.07, 6.45) is -2.69. The van der Waals surface area contributed by atoms with E-state index in [1.165, 1.54) is 32.3 Å². The molecule has 0 heterocycles. The first-order chi connectivity index (χ1) is 8.88. The highest BCUT2D eigenvalue weighted by Gasteiger charge is 2.27. The van der Waals surface area contributed by atoms with Crippen LogP contribution in [0.4, 0.5) is 20.2 Å². The van der Waals surface area contributed by atoms with E-state index in [9.17, 15) is 23.7 Å². The van der Waals surface area contributed by atoms with Gasteiger partial charge < -0.3 is 10.2 Å². The highest BCUT2D eigenvalue weighted by Crippen LogP contribution is 2.29. The lowest BCUT2D eigenvalue weighted by Crippen LogP contribution is -2.31. The molecular weight excluding hydrogens is 260 g/mol. The lowest BCUT2D eigenvalue weighted by Gasteiger charge is -2.17. The molecule has 104 valence electrons. The van der Waals surface area contributed by atoms with Gasteiger partial charge in [-0.3, -0.25) is 14.9 Å².